The number of carbonyl (C=O) groups excluding carboxylic acids is 3. The van der Waals surface area contributed by atoms with Gasteiger partial charge in [-0.2, -0.15) is 0 Å². The monoisotopic (exact) mass is 469 g/mol. The summed E-state index contributed by atoms with van der Waals surface area (Å²) in [6.45, 7) is 10.4. The first-order valence-corrected chi connectivity index (χ1v) is 11.6. The average molecular weight is 470 g/mol. The minimum atomic E-state index is -0.739. The van der Waals surface area contributed by atoms with Crippen LogP contribution in [-0.2, 0) is 14.3 Å². The molecule has 2 aromatic carbocycles. The van der Waals surface area contributed by atoms with Gasteiger partial charge < -0.3 is 25.0 Å². The first-order valence-electron chi connectivity index (χ1n) is 11.6. The van der Waals surface area contributed by atoms with E-state index in [0.717, 1.165) is 13.1 Å². The van der Waals surface area contributed by atoms with Crippen molar-refractivity contribution in [1.82, 2.24) is 10.2 Å². The topological polar surface area (TPSA) is 97.0 Å². The molecule has 0 fully saturated rings. The summed E-state index contributed by atoms with van der Waals surface area (Å²) in [6.07, 6.45) is 0. The van der Waals surface area contributed by atoms with Gasteiger partial charge in [-0.05, 0) is 55.4 Å². The molecule has 0 radical (unpaired) electrons. The second kappa shape index (κ2) is 14.0. The number of nitrogens with one attached hydrogen (secondary N) is 2. The van der Waals surface area contributed by atoms with Crippen LogP contribution in [0.2, 0.25) is 0 Å². The highest BCUT2D eigenvalue weighted by Gasteiger charge is 2.24. The van der Waals surface area contributed by atoms with Crippen LogP contribution in [-0.4, -0.2) is 61.6 Å². The van der Waals surface area contributed by atoms with Crippen LogP contribution >= 0.6 is 0 Å². The van der Waals surface area contributed by atoms with Crippen LogP contribution in [0.25, 0.3) is 0 Å². The van der Waals surface area contributed by atoms with Crippen molar-refractivity contribution >= 4 is 23.5 Å². The van der Waals surface area contributed by atoms with E-state index in [1.165, 1.54) is 0 Å². The quantitative estimate of drug-likeness (QED) is 0.437. The lowest BCUT2D eigenvalue weighted by Gasteiger charge is -2.22. The molecule has 8 heteroatoms. The Morgan fingerprint density at radius 1 is 0.941 bits per heavy atom. The lowest BCUT2D eigenvalue weighted by Crippen LogP contribution is -2.48. The number of nitrogens with zero attached hydrogens (tertiary/aromatic N) is 1. The molecule has 0 saturated heterocycles. The number of esters is 1. The van der Waals surface area contributed by atoms with Crippen LogP contribution in [0.3, 0.4) is 0 Å². The van der Waals surface area contributed by atoms with Gasteiger partial charge in [-0.25, -0.2) is 4.79 Å². The van der Waals surface area contributed by atoms with Gasteiger partial charge in [0.1, 0.15) is 18.4 Å². The van der Waals surface area contributed by atoms with E-state index in [9.17, 15) is 14.4 Å². The van der Waals surface area contributed by atoms with E-state index in [1.807, 2.05) is 32.0 Å². The van der Waals surface area contributed by atoms with Crippen LogP contribution in [0, 0.1) is 5.92 Å². The lowest BCUT2D eigenvalue weighted by molar-refractivity contribution is -0.128. The first-order chi connectivity index (χ1) is 16.3. The Bertz CT molecular complexity index is 912. The number of ether oxygens (including phenoxy) is 2. The second-order valence-corrected chi connectivity index (χ2v) is 8.12. The highest BCUT2D eigenvalue weighted by atomic mass is 16.5. The fourth-order valence-corrected chi connectivity index (χ4v) is 3.22. The molecule has 0 aliphatic carbocycles. The Morgan fingerprint density at radius 2 is 1.59 bits per heavy atom. The largest absolute Gasteiger partial charge is 0.484 e. The minimum Gasteiger partial charge on any atom is -0.484 e. The number of amides is 2. The van der Waals surface area contributed by atoms with Gasteiger partial charge in [0.15, 0.2) is 6.61 Å². The van der Waals surface area contributed by atoms with E-state index < -0.39 is 12.0 Å². The van der Waals surface area contributed by atoms with Crippen LogP contribution < -0.4 is 15.4 Å². The summed E-state index contributed by atoms with van der Waals surface area (Å²) in [7, 11) is 0. The summed E-state index contributed by atoms with van der Waals surface area (Å²) >= 11 is 0. The SMILES string of the molecule is CCN(CC)CCOC(=O)c1ccc(NC(=O)[C@@H](NC(=O)COc2ccccc2)C(C)C)cc1. The molecular weight excluding hydrogens is 434 g/mol. The zero-order valence-corrected chi connectivity index (χ0v) is 20.4. The summed E-state index contributed by atoms with van der Waals surface area (Å²) in [5, 5.41) is 5.51. The molecule has 1 atom stereocenters. The standard InChI is InChI=1S/C26H35N3O5/c1-5-29(6-2)16-17-33-26(32)20-12-14-21(15-13-20)27-25(31)24(19(3)4)28-23(30)18-34-22-10-8-7-9-11-22/h7-15,19,24H,5-6,16-18H2,1-4H3,(H,27,31)(H,28,30)/t24-/m0/s1. The van der Waals surface area contributed by atoms with Crippen molar-refractivity contribution in [1.29, 1.82) is 0 Å². The Balaban J connectivity index is 1.86. The van der Waals surface area contributed by atoms with E-state index >= 15 is 0 Å². The summed E-state index contributed by atoms with van der Waals surface area (Å²) < 4.78 is 10.8. The van der Waals surface area contributed by atoms with Crippen molar-refractivity contribution in [3.8, 4) is 5.75 Å². The third-order valence-electron chi connectivity index (χ3n) is 5.30. The third kappa shape index (κ3) is 8.86. The van der Waals surface area contributed by atoms with E-state index in [4.69, 9.17) is 9.47 Å². The number of likely N-dealkylation sites (N-methyl/N-ethyl adjacent to an activating group) is 1. The molecule has 0 aliphatic heterocycles. The van der Waals surface area contributed by atoms with Crippen molar-refractivity contribution in [2.24, 2.45) is 5.92 Å². The van der Waals surface area contributed by atoms with E-state index in [0.29, 0.717) is 30.2 Å². The van der Waals surface area contributed by atoms with Crippen LogP contribution in [0.5, 0.6) is 5.75 Å². The normalized spacial score (nSPS) is 11.7. The van der Waals surface area contributed by atoms with Crippen molar-refractivity contribution < 1.29 is 23.9 Å². The molecule has 2 N–H and O–H groups in total. The molecule has 34 heavy (non-hydrogen) atoms. The van der Waals surface area contributed by atoms with Gasteiger partial charge in [-0.1, -0.05) is 45.9 Å². The van der Waals surface area contributed by atoms with Gasteiger partial charge in [0.05, 0.1) is 5.56 Å². The van der Waals surface area contributed by atoms with Crippen molar-refractivity contribution in [3.63, 3.8) is 0 Å². The molecule has 0 unspecified atom stereocenters. The van der Waals surface area contributed by atoms with Gasteiger partial charge in [0.25, 0.3) is 5.91 Å². The number of rotatable bonds is 13. The van der Waals surface area contributed by atoms with Gasteiger partial charge in [0.2, 0.25) is 5.91 Å². The molecule has 0 heterocycles. The van der Waals surface area contributed by atoms with Gasteiger partial charge >= 0.3 is 5.97 Å². The summed E-state index contributed by atoms with van der Waals surface area (Å²) in [6, 6.07) is 14.7. The molecule has 184 valence electrons. The molecule has 0 aliphatic rings. The Hall–Kier alpha value is -3.39. The Kier molecular flexibility index (Phi) is 11.1. The molecule has 8 nitrogen and oxygen atoms in total. The molecule has 0 spiro atoms. The molecular formula is C26H35N3O5. The summed E-state index contributed by atoms with van der Waals surface area (Å²) in [4.78, 5) is 39.5. The number of hydrogen-bond donors (Lipinski definition) is 2. The van der Waals surface area contributed by atoms with E-state index in [1.54, 1.807) is 36.4 Å². The van der Waals surface area contributed by atoms with Gasteiger partial charge in [-0.3, -0.25) is 9.59 Å². The number of carbonyl (C=O) groups is 3. The molecule has 0 aromatic heterocycles. The zero-order chi connectivity index (χ0) is 24.9. The summed E-state index contributed by atoms with van der Waals surface area (Å²) in [5.74, 6) is -0.704. The molecule has 2 aromatic rings. The van der Waals surface area contributed by atoms with Crippen LogP contribution in [0.4, 0.5) is 5.69 Å². The molecule has 0 bridgehead atoms. The Morgan fingerprint density at radius 3 is 2.18 bits per heavy atom. The maximum Gasteiger partial charge on any atom is 0.338 e. The fraction of sp³-hybridized carbons (Fsp3) is 0.423. The number of benzene rings is 2. The predicted octanol–water partition coefficient (Wildman–Crippen LogP) is 3.34. The minimum absolute atomic E-state index is 0.138. The lowest BCUT2D eigenvalue weighted by atomic mass is 10.0. The zero-order valence-electron chi connectivity index (χ0n) is 20.4. The molecule has 2 rings (SSSR count). The average Bonchev–Trinajstić information content (AvgIpc) is 2.84. The highest BCUT2D eigenvalue weighted by molar-refractivity contribution is 5.98. The highest BCUT2D eigenvalue weighted by Crippen LogP contribution is 2.13. The fourth-order valence-electron chi connectivity index (χ4n) is 3.22. The van der Waals surface area contributed by atoms with Gasteiger partial charge in [-0.15, -0.1) is 0 Å². The number of para-hydroxylation sites is 1. The molecule has 0 saturated carbocycles. The van der Waals surface area contributed by atoms with E-state index in [2.05, 4.69) is 29.4 Å². The second-order valence-electron chi connectivity index (χ2n) is 8.12. The third-order valence-corrected chi connectivity index (χ3v) is 5.30. The van der Waals surface area contributed by atoms with Crippen molar-refractivity contribution in [2.45, 2.75) is 33.7 Å². The smallest absolute Gasteiger partial charge is 0.338 e. The van der Waals surface area contributed by atoms with E-state index in [-0.39, 0.29) is 24.3 Å². The summed E-state index contributed by atoms with van der Waals surface area (Å²) in [5.41, 5.74) is 0.925. The Labute approximate surface area is 201 Å². The van der Waals surface area contributed by atoms with Crippen molar-refractivity contribution in [2.75, 3.05) is 38.2 Å². The van der Waals surface area contributed by atoms with Crippen LogP contribution in [0.1, 0.15) is 38.1 Å². The number of anilines is 1. The first kappa shape index (κ1) is 26.9. The molecule has 2 amide bonds. The van der Waals surface area contributed by atoms with Crippen molar-refractivity contribution in [3.05, 3.63) is 60.2 Å². The number of hydrogen-bond acceptors (Lipinski definition) is 6. The maximum atomic E-state index is 12.8. The predicted molar refractivity (Wildman–Crippen MR) is 132 cm³/mol. The maximum absolute atomic E-state index is 12.8. The van der Waals surface area contributed by atoms with Gasteiger partial charge in [0, 0.05) is 12.2 Å². The van der Waals surface area contributed by atoms with Crippen LogP contribution in [0.15, 0.2) is 54.6 Å².